The van der Waals surface area contributed by atoms with Crippen molar-refractivity contribution in [3.63, 3.8) is 0 Å². The second-order valence-electron chi connectivity index (χ2n) is 4.66. The number of nitrogens with two attached hydrogens (primary N) is 1. The monoisotopic (exact) mass is 255 g/mol. The zero-order valence-electron chi connectivity index (χ0n) is 9.80. The number of hydrogen-bond donors (Lipinski definition) is 2. The van der Waals surface area contributed by atoms with Gasteiger partial charge in [-0.1, -0.05) is 6.42 Å². The Morgan fingerprint density at radius 1 is 1.35 bits per heavy atom. The molecule has 0 aromatic rings. The van der Waals surface area contributed by atoms with E-state index in [1.54, 1.807) is 0 Å². The van der Waals surface area contributed by atoms with Crippen molar-refractivity contribution in [1.82, 2.24) is 0 Å². The van der Waals surface area contributed by atoms with Crippen molar-refractivity contribution in [2.75, 3.05) is 19.8 Å². The standard InChI is InChI=1S/C11H20F3NO2/c12-11(13,14)5-7-17-6-3-9-2-1-4-10(9,16)8-15/h9,16H,1-8,15H2. The summed E-state index contributed by atoms with van der Waals surface area (Å²) in [7, 11) is 0. The average Bonchev–Trinajstić information content (AvgIpc) is 2.59. The molecule has 6 heteroatoms. The third-order valence-corrected chi connectivity index (χ3v) is 3.42. The molecule has 1 aliphatic carbocycles. The normalized spacial score (nSPS) is 29.8. The molecule has 0 aromatic carbocycles. The predicted octanol–water partition coefficient (Wildman–Crippen LogP) is 1.84. The van der Waals surface area contributed by atoms with E-state index in [0.29, 0.717) is 12.8 Å². The maximum Gasteiger partial charge on any atom is 0.391 e. The Bertz CT molecular complexity index is 235. The van der Waals surface area contributed by atoms with Gasteiger partial charge in [0.2, 0.25) is 0 Å². The fourth-order valence-corrected chi connectivity index (χ4v) is 2.32. The SMILES string of the molecule is NCC1(O)CCCC1CCOCCC(F)(F)F. The fourth-order valence-electron chi connectivity index (χ4n) is 2.32. The van der Waals surface area contributed by atoms with Gasteiger partial charge in [0.1, 0.15) is 0 Å². The van der Waals surface area contributed by atoms with E-state index in [9.17, 15) is 18.3 Å². The van der Waals surface area contributed by atoms with Crippen LogP contribution in [0.15, 0.2) is 0 Å². The molecule has 0 aliphatic heterocycles. The summed E-state index contributed by atoms with van der Waals surface area (Å²) in [5, 5.41) is 10.1. The third-order valence-electron chi connectivity index (χ3n) is 3.42. The number of alkyl halides is 3. The highest BCUT2D eigenvalue weighted by molar-refractivity contribution is 4.92. The number of ether oxygens (including phenoxy) is 1. The molecule has 2 atom stereocenters. The number of aliphatic hydroxyl groups is 1. The molecule has 0 radical (unpaired) electrons. The Hall–Kier alpha value is -0.330. The minimum Gasteiger partial charge on any atom is -0.388 e. The number of rotatable bonds is 6. The van der Waals surface area contributed by atoms with Gasteiger partial charge >= 0.3 is 6.18 Å². The van der Waals surface area contributed by atoms with Gasteiger partial charge in [0.05, 0.1) is 18.6 Å². The molecular formula is C11H20F3NO2. The highest BCUT2D eigenvalue weighted by Gasteiger charge is 2.39. The lowest BCUT2D eigenvalue weighted by molar-refractivity contribution is -0.145. The van der Waals surface area contributed by atoms with Gasteiger partial charge in [-0.15, -0.1) is 0 Å². The van der Waals surface area contributed by atoms with Gasteiger partial charge in [0.25, 0.3) is 0 Å². The van der Waals surface area contributed by atoms with Crippen LogP contribution in [0.1, 0.15) is 32.1 Å². The third kappa shape index (κ3) is 4.81. The van der Waals surface area contributed by atoms with E-state index in [-0.39, 0.29) is 25.7 Å². The molecule has 0 bridgehead atoms. The molecule has 0 aromatic heterocycles. The zero-order chi connectivity index (χ0) is 12.9. The lowest BCUT2D eigenvalue weighted by Crippen LogP contribution is -2.41. The van der Waals surface area contributed by atoms with E-state index < -0.39 is 18.2 Å². The molecule has 1 saturated carbocycles. The maximum atomic E-state index is 11.8. The molecule has 102 valence electrons. The number of halogens is 3. The second-order valence-corrected chi connectivity index (χ2v) is 4.66. The summed E-state index contributed by atoms with van der Waals surface area (Å²) in [6, 6.07) is 0. The van der Waals surface area contributed by atoms with Crippen molar-refractivity contribution < 1.29 is 23.0 Å². The lowest BCUT2D eigenvalue weighted by Gasteiger charge is -2.28. The fraction of sp³-hybridized carbons (Fsp3) is 1.00. The summed E-state index contributed by atoms with van der Waals surface area (Å²) >= 11 is 0. The van der Waals surface area contributed by atoms with E-state index >= 15 is 0 Å². The first-order chi connectivity index (χ1) is 7.87. The summed E-state index contributed by atoms with van der Waals surface area (Å²) in [6.07, 6.45) is -2.04. The molecular weight excluding hydrogens is 235 g/mol. The molecule has 3 N–H and O–H groups in total. The molecule has 0 saturated heterocycles. The molecule has 2 unspecified atom stereocenters. The smallest absolute Gasteiger partial charge is 0.388 e. The summed E-state index contributed by atoms with van der Waals surface area (Å²) in [4.78, 5) is 0. The van der Waals surface area contributed by atoms with Crippen LogP contribution in [0.2, 0.25) is 0 Å². The van der Waals surface area contributed by atoms with Crippen LogP contribution in [0.4, 0.5) is 13.2 Å². The van der Waals surface area contributed by atoms with E-state index in [1.165, 1.54) is 0 Å². The van der Waals surface area contributed by atoms with Gasteiger partial charge < -0.3 is 15.6 Å². The van der Waals surface area contributed by atoms with E-state index in [1.807, 2.05) is 0 Å². The largest absolute Gasteiger partial charge is 0.391 e. The summed E-state index contributed by atoms with van der Waals surface area (Å²) < 4.78 is 40.4. The lowest BCUT2D eigenvalue weighted by atomic mass is 9.88. The first-order valence-electron chi connectivity index (χ1n) is 5.94. The first kappa shape index (κ1) is 14.7. The van der Waals surface area contributed by atoms with Crippen molar-refractivity contribution >= 4 is 0 Å². The van der Waals surface area contributed by atoms with E-state index in [4.69, 9.17) is 10.5 Å². The summed E-state index contributed by atoms with van der Waals surface area (Å²) in [5.41, 5.74) is 4.67. The van der Waals surface area contributed by atoms with Crippen molar-refractivity contribution in [2.45, 2.75) is 43.9 Å². The van der Waals surface area contributed by atoms with E-state index in [2.05, 4.69) is 0 Å². The molecule has 1 aliphatic rings. The molecule has 0 amide bonds. The van der Waals surface area contributed by atoms with Gasteiger partial charge in [-0.2, -0.15) is 13.2 Å². The molecule has 0 heterocycles. The molecule has 3 nitrogen and oxygen atoms in total. The quantitative estimate of drug-likeness (QED) is 0.712. The van der Waals surface area contributed by atoms with Crippen molar-refractivity contribution in [1.29, 1.82) is 0 Å². The maximum absolute atomic E-state index is 11.8. The van der Waals surface area contributed by atoms with Crippen LogP contribution in [-0.2, 0) is 4.74 Å². The molecule has 17 heavy (non-hydrogen) atoms. The number of hydrogen-bond acceptors (Lipinski definition) is 3. The van der Waals surface area contributed by atoms with Gasteiger partial charge in [-0.05, 0) is 25.2 Å². The minimum atomic E-state index is -4.16. The minimum absolute atomic E-state index is 0.0541. The highest BCUT2D eigenvalue weighted by atomic mass is 19.4. The van der Waals surface area contributed by atoms with Crippen LogP contribution in [0.3, 0.4) is 0 Å². The Morgan fingerprint density at radius 3 is 2.65 bits per heavy atom. The van der Waals surface area contributed by atoms with Gasteiger partial charge in [0, 0.05) is 13.2 Å². The Kier molecular flexibility index (Phi) is 5.22. The van der Waals surface area contributed by atoms with Crippen LogP contribution >= 0.6 is 0 Å². The molecule has 1 fully saturated rings. The Labute approximate surface area is 99.1 Å². The van der Waals surface area contributed by atoms with Crippen LogP contribution < -0.4 is 5.73 Å². The topological polar surface area (TPSA) is 55.5 Å². The van der Waals surface area contributed by atoms with Crippen LogP contribution in [-0.4, -0.2) is 36.6 Å². The van der Waals surface area contributed by atoms with E-state index in [0.717, 1.165) is 12.8 Å². The van der Waals surface area contributed by atoms with Gasteiger partial charge in [-0.3, -0.25) is 0 Å². The first-order valence-corrected chi connectivity index (χ1v) is 5.94. The van der Waals surface area contributed by atoms with Crippen molar-refractivity contribution in [3.8, 4) is 0 Å². The highest BCUT2D eigenvalue weighted by Crippen LogP contribution is 2.37. The predicted molar refractivity (Wildman–Crippen MR) is 57.5 cm³/mol. The molecule has 0 spiro atoms. The van der Waals surface area contributed by atoms with Crippen LogP contribution in [0.25, 0.3) is 0 Å². The zero-order valence-corrected chi connectivity index (χ0v) is 9.80. The molecule has 1 rings (SSSR count). The van der Waals surface area contributed by atoms with Crippen LogP contribution in [0.5, 0.6) is 0 Å². The average molecular weight is 255 g/mol. The van der Waals surface area contributed by atoms with Crippen molar-refractivity contribution in [3.05, 3.63) is 0 Å². The van der Waals surface area contributed by atoms with Crippen LogP contribution in [0, 0.1) is 5.92 Å². The second kappa shape index (κ2) is 6.02. The summed E-state index contributed by atoms with van der Waals surface area (Å²) in [5.74, 6) is 0.0541. The van der Waals surface area contributed by atoms with Crippen molar-refractivity contribution in [2.24, 2.45) is 11.7 Å². The Morgan fingerprint density at radius 2 is 2.06 bits per heavy atom. The summed E-state index contributed by atoms with van der Waals surface area (Å²) in [6.45, 7) is 0.153. The Balaban J connectivity index is 2.14. The van der Waals surface area contributed by atoms with Gasteiger partial charge in [-0.25, -0.2) is 0 Å². The van der Waals surface area contributed by atoms with Gasteiger partial charge in [0.15, 0.2) is 0 Å².